The van der Waals surface area contributed by atoms with E-state index in [0.717, 1.165) is 44.0 Å². The van der Waals surface area contributed by atoms with E-state index < -0.39 is 0 Å². The summed E-state index contributed by atoms with van der Waals surface area (Å²) in [6.07, 6.45) is 8.84. The Labute approximate surface area is 156 Å². The number of nitrogens with zero attached hydrogens (tertiary/aromatic N) is 4. The van der Waals surface area contributed by atoms with Crippen LogP contribution in [0.25, 0.3) is 11.3 Å². The van der Waals surface area contributed by atoms with Crippen molar-refractivity contribution in [3.63, 3.8) is 0 Å². The van der Waals surface area contributed by atoms with Crippen molar-refractivity contribution in [2.24, 2.45) is 7.05 Å². The smallest absolute Gasteiger partial charge is 0.0969 e. The van der Waals surface area contributed by atoms with E-state index >= 15 is 0 Å². The first-order chi connectivity index (χ1) is 12.6. The van der Waals surface area contributed by atoms with Gasteiger partial charge in [-0.05, 0) is 51.9 Å². The highest BCUT2D eigenvalue weighted by molar-refractivity contribution is 5.61. The molecule has 6 heteroatoms. The number of nitrogens with one attached hydrogen (secondary N) is 1. The fraction of sp³-hybridized carbons (Fsp3) is 0.600. The van der Waals surface area contributed by atoms with Crippen LogP contribution in [0.1, 0.15) is 32.3 Å². The molecule has 0 saturated carbocycles. The van der Waals surface area contributed by atoms with Gasteiger partial charge in [-0.25, -0.2) is 0 Å². The maximum Gasteiger partial charge on any atom is 0.0969 e. The zero-order valence-corrected chi connectivity index (χ0v) is 16.2. The van der Waals surface area contributed by atoms with Gasteiger partial charge in [0.2, 0.25) is 0 Å². The van der Waals surface area contributed by atoms with Gasteiger partial charge in [0.25, 0.3) is 0 Å². The minimum Gasteiger partial charge on any atom is -0.373 e. The van der Waals surface area contributed by atoms with Crippen molar-refractivity contribution < 1.29 is 4.74 Å². The Morgan fingerprint density at radius 3 is 2.62 bits per heavy atom. The number of rotatable bonds is 8. The molecule has 0 bridgehead atoms. The molecule has 26 heavy (non-hydrogen) atoms. The third kappa shape index (κ3) is 5.37. The van der Waals surface area contributed by atoms with Crippen LogP contribution in [0.3, 0.4) is 0 Å². The standard InChI is InChI=1S/C20H31N5O/c1-16-13-25(14-17(2)26-16)11-5-4-8-22-12-19-15-24(3)23-20(19)18-6-9-21-10-7-18/h6-7,9-10,15-17,22H,4-5,8,11-14H2,1-3H3/t16-,17+. The monoisotopic (exact) mass is 357 g/mol. The van der Waals surface area contributed by atoms with Crippen molar-refractivity contribution >= 4 is 0 Å². The van der Waals surface area contributed by atoms with Gasteiger partial charge in [-0.1, -0.05) is 0 Å². The Morgan fingerprint density at radius 2 is 1.88 bits per heavy atom. The summed E-state index contributed by atoms with van der Waals surface area (Å²) < 4.78 is 7.68. The third-order valence-corrected chi connectivity index (χ3v) is 4.75. The number of aromatic nitrogens is 3. The van der Waals surface area contributed by atoms with Crippen LogP contribution in [0.5, 0.6) is 0 Å². The quantitative estimate of drug-likeness (QED) is 0.736. The fourth-order valence-electron chi connectivity index (χ4n) is 3.70. The van der Waals surface area contributed by atoms with Crippen molar-refractivity contribution in [3.8, 4) is 11.3 Å². The first-order valence-corrected chi connectivity index (χ1v) is 9.63. The summed E-state index contributed by atoms with van der Waals surface area (Å²) in [7, 11) is 1.97. The summed E-state index contributed by atoms with van der Waals surface area (Å²) in [6, 6.07) is 4.02. The number of pyridine rings is 1. The van der Waals surface area contributed by atoms with Crippen LogP contribution in [-0.2, 0) is 18.3 Å². The topological polar surface area (TPSA) is 55.2 Å². The molecule has 1 saturated heterocycles. The molecular formula is C20H31N5O. The zero-order valence-electron chi connectivity index (χ0n) is 16.2. The molecule has 3 rings (SSSR count). The number of hydrogen-bond acceptors (Lipinski definition) is 5. The molecule has 142 valence electrons. The van der Waals surface area contributed by atoms with Gasteiger partial charge in [0.05, 0.1) is 17.9 Å². The van der Waals surface area contributed by atoms with Gasteiger partial charge in [-0.3, -0.25) is 14.6 Å². The molecule has 0 aliphatic carbocycles. The largest absolute Gasteiger partial charge is 0.373 e. The summed E-state index contributed by atoms with van der Waals surface area (Å²) in [6.45, 7) is 9.48. The van der Waals surface area contributed by atoms with Gasteiger partial charge in [0.15, 0.2) is 0 Å². The number of hydrogen-bond donors (Lipinski definition) is 1. The molecule has 1 aliphatic rings. The Kier molecular flexibility index (Phi) is 6.77. The van der Waals surface area contributed by atoms with Crippen LogP contribution in [0.4, 0.5) is 0 Å². The van der Waals surface area contributed by atoms with E-state index in [1.165, 1.54) is 18.4 Å². The molecule has 0 spiro atoms. The van der Waals surface area contributed by atoms with Gasteiger partial charge in [-0.2, -0.15) is 5.10 Å². The maximum absolute atomic E-state index is 5.79. The maximum atomic E-state index is 5.79. The van der Waals surface area contributed by atoms with Crippen molar-refractivity contribution in [3.05, 3.63) is 36.3 Å². The van der Waals surface area contributed by atoms with E-state index in [2.05, 4.69) is 40.3 Å². The Bertz CT molecular complexity index is 662. The third-order valence-electron chi connectivity index (χ3n) is 4.75. The fourth-order valence-corrected chi connectivity index (χ4v) is 3.70. The summed E-state index contributed by atoms with van der Waals surface area (Å²) in [5.74, 6) is 0. The van der Waals surface area contributed by atoms with Crippen LogP contribution in [0.2, 0.25) is 0 Å². The summed E-state index contributed by atoms with van der Waals surface area (Å²) in [5.41, 5.74) is 3.39. The lowest BCUT2D eigenvalue weighted by molar-refractivity contribution is -0.0681. The zero-order chi connectivity index (χ0) is 18.4. The Balaban J connectivity index is 1.39. The molecular weight excluding hydrogens is 326 g/mol. The highest BCUT2D eigenvalue weighted by Crippen LogP contribution is 2.20. The molecule has 3 heterocycles. The van der Waals surface area contributed by atoms with Crippen molar-refractivity contribution in [2.75, 3.05) is 26.2 Å². The Morgan fingerprint density at radius 1 is 1.15 bits per heavy atom. The van der Waals surface area contributed by atoms with Gasteiger partial charge >= 0.3 is 0 Å². The van der Waals surface area contributed by atoms with E-state index in [1.54, 1.807) is 0 Å². The number of ether oxygens (including phenoxy) is 1. The van der Waals surface area contributed by atoms with Crippen LogP contribution < -0.4 is 5.32 Å². The molecule has 1 fully saturated rings. The number of aryl methyl sites for hydroxylation is 1. The highest BCUT2D eigenvalue weighted by atomic mass is 16.5. The minimum atomic E-state index is 0.356. The van der Waals surface area contributed by atoms with Gasteiger partial charge in [0.1, 0.15) is 0 Å². The predicted octanol–water partition coefficient (Wildman–Crippen LogP) is 2.46. The molecule has 2 aromatic rings. The molecule has 2 atom stereocenters. The van der Waals surface area contributed by atoms with Crippen molar-refractivity contribution in [1.29, 1.82) is 0 Å². The van der Waals surface area contributed by atoms with Crippen LogP contribution in [0.15, 0.2) is 30.7 Å². The predicted molar refractivity (Wildman–Crippen MR) is 104 cm³/mol. The lowest BCUT2D eigenvalue weighted by atomic mass is 10.1. The molecule has 1 N–H and O–H groups in total. The lowest BCUT2D eigenvalue weighted by Crippen LogP contribution is -2.45. The molecule has 0 amide bonds. The van der Waals surface area contributed by atoms with E-state index in [4.69, 9.17) is 4.74 Å². The molecule has 0 unspecified atom stereocenters. The first kappa shape index (κ1) is 19.0. The first-order valence-electron chi connectivity index (χ1n) is 9.63. The van der Waals surface area contributed by atoms with E-state index in [1.807, 2.05) is 36.3 Å². The average Bonchev–Trinajstić information content (AvgIpc) is 2.98. The van der Waals surface area contributed by atoms with Crippen LogP contribution in [-0.4, -0.2) is 58.1 Å². The SMILES string of the molecule is C[C@@H]1CN(CCCCNCc2cn(C)nc2-c2ccncc2)C[C@H](C)O1. The number of unbranched alkanes of at least 4 members (excludes halogenated alkanes) is 1. The van der Waals surface area contributed by atoms with Gasteiger partial charge in [-0.15, -0.1) is 0 Å². The van der Waals surface area contributed by atoms with Gasteiger partial charge in [0, 0.05) is 56.4 Å². The lowest BCUT2D eigenvalue weighted by Gasteiger charge is -2.35. The average molecular weight is 358 g/mol. The minimum absolute atomic E-state index is 0.356. The van der Waals surface area contributed by atoms with Crippen LogP contribution in [0, 0.1) is 0 Å². The second-order valence-electron chi connectivity index (χ2n) is 7.31. The molecule has 0 aromatic carbocycles. The molecule has 2 aromatic heterocycles. The molecule has 6 nitrogen and oxygen atoms in total. The van der Waals surface area contributed by atoms with E-state index in [-0.39, 0.29) is 0 Å². The number of morpholine rings is 1. The van der Waals surface area contributed by atoms with E-state index in [9.17, 15) is 0 Å². The molecule has 0 radical (unpaired) electrons. The van der Waals surface area contributed by atoms with Crippen LogP contribution >= 0.6 is 0 Å². The van der Waals surface area contributed by atoms with Crippen molar-refractivity contribution in [2.45, 2.75) is 45.4 Å². The summed E-state index contributed by atoms with van der Waals surface area (Å²) in [4.78, 5) is 6.62. The normalized spacial score (nSPS) is 21.2. The van der Waals surface area contributed by atoms with Crippen molar-refractivity contribution in [1.82, 2.24) is 25.0 Å². The second-order valence-corrected chi connectivity index (χ2v) is 7.31. The summed E-state index contributed by atoms with van der Waals surface area (Å²) >= 11 is 0. The second kappa shape index (κ2) is 9.26. The highest BCUT2D eigenvalue weighted by Gasteiger charge is 2.21. The Hall–Kier alpha value is -1.76. The van der Waals surface area contributed by atoms with E-state index in [0.29, 0.717) is 12.2 Å². The van der Waals surface area contributed by atoms with Gasteiger partial charge < -0.3 is 10.1 Å². The molecule has 1 aliphatic heterocycles. The summed E-state index contributed by atoms with van der Waals surface area (Å²) in [5, 5.41) is 8.17.